The van der Waals surface area contributed by atoms with Crippen molar-refractivity contribution in [1.82, 2.24) is 4.90 Å². The molecule has 3 rings (SSSR count). The Morgan fingerprint density at radius 3 is 3.25 bits per heavy atom. The van der Waals surface area contributed by atoms with Crippen molar-refractivity contribution in [3.8, 4) is 0 Å². The van der Waals surface area contributed by atoms with Crippen molar-refractivity contribution in [2.75, 3.05) is 19.8 Å². The van der Waals surface area contributed by atoms with Gasteiger partial charge in [0, 0.05) is 19.8 Å². The summed E-state index contributed by atoms with van der Waals surface area (Å²) < 4.78 is 11.6. The third kappa shape index (κ3) is 2.75. The van der Waals surface area contributed by atoms with E-state index in [2.05, 4.69) is 0 Å². The van der Waals surface area contributed by atoms with Crippen molar-refractivity contribution in [1.29, 1.82) is 0 Å². The Hall–Kier alpha value is -0.910. The fraction of sp³-hybridized carbons (Fsp3) is 0.667. The van der Waals surface area contributed by atoms with Gasteiger partial charge in [-0.3, -0.25) is 4.79 Å². The largest absolute Gasteiger partial charge is 0.374 e. The highest BCUT2D eigenvalue weighted by Crippen LogP contribution is 2.31. The lowest BCUT2D eigenvalue weighted by molar-refractivity contribution is -0.134. The summed E-state index contributed by atoms with van der Waals surface area (Å²) in [5.41, 5.74) is 1.10. The minimum Gasteiger partial charge on any atom is -0.374 e. The highest BCUT2D eigenvalue weighted by molar-refractivity contribution is 7.07. The number of carbonyl (C=O) groups is 1. The van der Waals surface area contributed by atoms with Gasteiger partial charge in [-0.15, -0.1) is 0 Å². The fourth-order valence-electron chi connectivity index (χ4n) is 3.23. The SMILES string of the molecule is CCO[C@H]1CN(C(=O)Cc2ccsc2)[C@@H]2CCCO[C@H]12. The molecule has 5 heteroatoms. The summed E-state index contributed by atoms with van der Waals surface area (Å²) in [5, 5.41) is 4.06. The molecule has 0 spiro atoms. The first-order chi connectivity index (χ1) is 9.79. The van der Waals surface area contributed by atoms with E-state index in [1.54, 1.807) is 11.3 Å². The maximum Gasteiger partial charge on any atom is 0.227 e. The summed E-state index contributed by atoms with van der Waals surface area (Å²) in [4.78, 5) is 14.5. The van der Waals surface area contributed by atoms with E-state index in [9.17, 15) is 4.79 Å². The molecule has 4 nitrogen and oxygen atoms in total. The Kier molecular flexibility index (Phi) is 4.38. The van der Waals surface area contributed by atoms with Crippen LogP contribution in [-0.2, 0) is 20.7 Å². The Bertz CT molecular complexity index is 448. The van der Waals surface area contributed by atoms with Gasteiger partial charge >= 0.3 is 0 Å². The van der Waals surface area contributed by atoms with Crippen molar-refractivity contribution in [2.45, 2.75) is 44.4 Å². The summed E-state index contributed by atoms with van der Waals surface area (Å²) in [6.45, 7) is 4.13. The van der Waals surface area contributed by atoms with E-state index < -0.39 is 0 Å². The van der Waals surface area contributed by atoms with Gasteiger partial charge in [0.2, 0.25) is 5.91 Å². The number of carbonyl (C=O) groups excluding carboxylic acids is 1. The van der Waals surface area contributed by atoms with Gasteiger partial charge in [0.1, 0.15) is 12.2 Å². The second-order valence-corrected chi connectivity index (χ2v) is 6.17. The molecular weight excluding hydrogens is 274 g/mol. The molecule has 3 heterocycles. The second kappa shape index (κ2) is 6.24. The molecule has 1 amide bonds. The van der Waals surface area contributed by atoms with Gasteiger partial charge in [0.15, 0.2) is 0 Å². The number of ether oxygens (including phenoxy) is 2. The van der Waals surface area contributed by atoms with Crippen LogP contribution in [0.5, 0.6) is 0 Å². The molecule has 20 heavy (non-hydrogen) atoms. The Morgan fingerprint density at radius 1 is 1.60 bits per heavy atom. The summed E-state index contributed by atoms with van der Waals surface area (Å²) in [6.07, 6.45) is 2.66. The lowest BCUT2D eigenvalue weighted by atomic mass is 10.0. The number of hydrogen-bond acceptors (Lipinski definition) is 4. The van der Waals surface area contributed by atoms with Crippen LogP contribution in [0.3, 0.4) is 0 Å². The van der Waals surface area contributed by atoms with E-state index in [1.165, 1.54) is 0 Å². The van der Waals surface area contributed by atoms with E-state index in [-0.39, 0.29) is 24.2 Å². The van der Waals surface area contributed by atoms with Crippen LogP contribution in [-0.4, -0.2) is 48.8 Å². The molecule has 0 unspecified atom stereocenters. The van der Waals surface area contributed by atoms with Crippen LogP contribution >= 0.6 is 11.3 Å². The number of fused-ring (bicyclic) bond motifs is 1. The van der Waals surface area contributed by atoms with Crippen LogP contribution in [0, 0.1) is 0 Å². The first kappa shape index (κ1) is 14.0. The van der Waals surface area contributed by atoms with Crippen molar-refractivity contribution in [2.24, 2.45) is 0 Å². The molecule has 0 aliphatic carbocycles. The molecule has 1 aromatic rings. The highest BCUT2D eigenvalue weighted by atomic mass is 32.1. The molecule has 0 saturated carbocycles. The van der Waals surface area contributed by atoms with Crippen LogP contribution in [0.15, 0.2) is 16.8 Å². The standard InChI is InChI=1S/C15H21NO3S/c1-2-18-13-9-16(12-4-3-6-19-15(12)13)14(17)8-11-5-7-20-10-11/h5,7,10,12-13,15H,2-4,6,8-9H2,1H3/t12-,13+,15+/m1/s1. The lowest BCUT2D eigenvalue weighted by Crippen LogP contribution is -2.44. The summed E-state index contributed by atoms with van der Waals surface area (Å²) in [6, 6.07) is 2.22. The molecule has 3 atom stereocenters. The maximum atomic E-state index is 12.5. The number of thiophene rings is 1. The molecule has 0 radical (unpaired) electrons. The quantitative estimate of drug-likeness (QED) is 0.854. The molecule has 0 aromatic carbocycles. The second-order valence-electron chi connectivity index (χ2n) is 5.39. The zero-order valence-corrected chi connectivity index (χ0v) is 12.6. The minimum atomic E-state index is 0.0386. The maximum absolute atomic E-state index is 12.5. The fourth-order valence-corrected chi connectivity index (χ4v) is 3.90. The summed E-state index contributed by atoms with van der Waals surface area (Å²) in [7, 11) is 0. The Labute approximate surface area is 123 Å². The van der Waals surface area contributed by atoms with Crippen LogP contribution in [0.1, 0.15) is 25.3 Å². The average Bonchev–Trinajstić information content (AvgIpc) is 3.08. The smallest absolute Gasteiger partial charge is 0.227 e. The van der Waals surface area contributed by atoms with Gasteiger partial charge in [-0.05, 0) is 42.2 Å². The number of hydrogen-bond donors (Lipinski definition) is 0. The van der Waals surface area contributed by atoms with Crippen molar-refractivity contribution in [3.63, 3.8) is 0 Å². The first-order valence-corrected chi connectivity index (χ1v) is 8.27. The topological polar surface area (TPSA) is 38.8 Å². The van der Waals surface area contributed by atoms with E-state index in [1.807, 2.05) is 28.7 Å². The zero-order chi connectivity index (χ0) is 13.9. The van der Waals surface area contributed by atoms with Crippen molar-refractivity contribution in [3.05, 3.63) is 22.4 Å². The predicted molar refractivity (Wildman–Crippen MR) is 77.9 cm³/mol. The molecule has 110 valence electrons. The summed E-state index contributed by atoms with van der Waals surface area (Å²) >= 11 is 1.64. The van der Waals surface area contributed by atoms with E-state index in [0.29, 0.717) is 19.6 Å². The monoisotopic (exact) mass is 295 g/mol. The van der Waals surface area contributed by atoms with Crippen LogP contribution in [0.2, 0.25) is 0 Å². The van der Waals surface area contributed by atoms with Crippen LogP contribution in [0.25, 0.3) is 0 Å². The third-order valence-electron chi connectivity index (χ3n) is 4.11. The molecular formula is C15H21NO3S. The molecule has 0 N–H and O–H groups in total. The van der Waals surface area contributed by atoms with Gasteiger partial charge in [0.25, 0.3) is 0 Å². The minimum absolute atomic E-state index is 0.0386. The number of likely N-dealkylation sites (tertiary alicyclic amines) is 1. The molecule has 2 aliphatic rings. The van der Waals surface area contributed by atoms with Gasteiger partial charge in [-0.25, -0.2) is 0 Å². The van der Waals surface area contributed by atoms with Gasteiger partial charge in [-0.2, -0.15) is 11.3 Å². The summed E-state index contributed by atoms with van der Waals surface area (Å²) in [5.74, 6) is 0.200. The first-order valence-electron chi connectivity index (χ1n) is 7.33. The van der Waals surface area contributed by atoms with E-state index in [0.717, 1.165) is 25.0 Å². The van der Waals surface area contributed by atoms with Crippen molar-refractivity contribution >= 4 is 17.2 Å². The number of rotatable bonds is 4. The van der Waals surface area contributed by atoms with Crippen molar-refractivity contribution < 1.29 is 14.3 Å². The van der Waals surface area contributed by atoms with Crippen LogP contribution < -0.4 is 0 Å². The predicted octanol–water partition coefficient (Wildman–Crippen LogP) is 2.09. The van der Waals surface area contributed by atoms with E-state index >= 15 is 0 Å². The number of nitrogens with zero attached hydrogens (tertiary/aromatic N) is 1. The highest BCUT2D eigenvalue weighted by Gasteiger charge is 2.46. The van der Waals surface area contributed by atoms with Gasteiger partial charge in [0.05, 0.1) is 12.5 Å². The molecule has 1 aromatic heterocycles. The molecule has 2 fully saturated rings. The average molecular weight is 295 g/mol. The number of amides is 1. The molecule has 2 aliphatic heterocycles. The lowest BCUT2D eigenvalue weighted by Gasteiger charge is -2.32. The molecule has 2 saturated heterocycles. The van der Waals surface area contributed by atoms with Gasteiger partial charge in [-0.1, -0.05) is 0 Å². The zero-order valence-electron chi connectivity index (χ0n) is 11.8. The normalized spacial score (nSPS) is 29.4. The third-order valence-corrected chi connectivity index (χ3v) is 4.85. The molecule has 0 bridgehead atoms. The Morgan fingerprint density at radius 2 is 2.50 bits per heavy atom. The Balaban J connectivity index is 1.70. The van der Waals surface area contributed by atoms with E-state index in [4.69, 9.17) is 9.47 Å². The van der Waals surface area contributed by atoms with Crippen LogP contribution in [0.4, 0.5) is 0 Å². The van der Waals surface area contributed by atoms with Gasteiger partial charge < -0.3 is 14.4 Å².